The highest BCUT2D eigenvalue weighted by Crippen LogP contribution is 1.93. The number of carbonyl (C=O) groups is 2. The molecule has 94 valence electrons. The molecule has 0 rings (SSSR count). The molecule has 0 aromatic rings. The minimum atomic E-state index is -0.366. The molecule has 0 heterocycles. The number of Topliss-reactive ketones (excluding diaryl/α,β-unsaturated/α-hetero) is 1. The lowest BCUT2D eigenvalue weighted by atomic mass is 10.2. The van der Waals surface area contributed by atoms with Gasteiger partial charge in [-0.25, -0.2) is 4.79 Å². The van der Waals surface area contributed by atoms with Crippen LogP contribution in [0, 0.1) is 0 Å². The highest BCUT2D eigenvalue weighted by Gasteiger charge is 1.98. The highest BCUT2D eigenvalue weighted by atomic mass is 16.5. The zero-order valence-corrected chi connectivity index (χ0v) is 10.6. The highest BCUT2D eigenvalue weighted by molar-refractivity contribution is 5.94. The molecule has 0 N–H and O–H groups in total. The van der Waals surface area contributed by atoms with E-state index in [-0.39, 0.29) is 18.4 Å². The number of hydrogen-bond acceptors (Lipinski definition) is 3. The molecule has 0 aliphatic rings. The number of ketones is 1. The summed E-state index contributed by atoms with van der Waals surface area (Å²) in [4.78, 5) is 21.1. The van der Waals surface area contributed by atoms with Crippen molar-refractivity contribution in [3.8, 4) is 0 Å². The van der Waals surface area contributed by atoms with E-state index in [1.165, 1.54) is 6.08 Å². The zero-order valence-electron chi connectivity index (χ0n) is 10.6. The monoisotopic (exact) mass is 236 g/mol. The second-order valence-corrected chi connectivity index (χ2v) is 3.36. The zero-order chi connectivity index (χ0) is 13.8. The molecule has 0 bridgehead atoms. The third kappa shape index (κ3) is 12.0. The summed E-state index contributed by atoms with van der Waals surface area (Å²) in [6.07, 6.45) is 3.51. The minimum Gasteiger partial charge on any atom is -0.458 e. The molecular formula is C14H20O3. The summed E-state index contributed by atoms with van der Waals surface area (Å²) in [7, 11) is 0. The van der Waals surface area contributed by atoms with E-state index >= 15 is 0 Å². The van der Waals surface area contributed by atoms with Crippen LogP contribution in [0.15, 0.2) is 49.6 Å². The Hall–Kier alpha value is -1.90. The van der Waals surface area contributed by atoms with Crippen molar-refractivity contribution in [2.75, 3.05) is 6.61 Å². The fraction of sp³-hybridized carbons (Fsp3) is 0.286. The third-order valence-electron chi connectivity index (χ3n) is 1.49. The van der Waals surface area contributed by atoms with E-state index in [1.54, 1.807) is 19.9 Å². The van der Waals surface area contributed by atoms with E-state index < -0.39 is 0 Å². The van der Waals surface area contributed by atoms with Crippen LogP contribution >= 0.6 is 0 Å². The Kier molecular flexibility index (Phi) is 10.9. The van der Waals surface area contributed by atoms with Crippen molar-refractivity contribution < 1.29 is 14.3 Å². The Morgan fingerprint density at radius 2 is 1.59 bits per heavy atom. The van der Waals surface area contributed by atoms with E-state index in [1.807, 2.05) is 0 Å². The van der Waals surface area contributed by atoms with Crippen LogP contribution in [0.2, 0.25) is 0 Å². The van der Waals surface area contributed by atoms with Crippen LogP contribution in [0.1, 0.15) is 20.3 Å². The van der Waals surface area contributed by atoms with Crippen molar-refractivity contribution >= 4 is 11.8 Å². The van der Waals surface area contributed by atoms with Gasteiger partial charge in [0, 0.05) is 12.0 Å². The average molecular weight is 236 g/mol. The number of carbonyl (C=O) groups excluding carboxylic acids is 2. The number of ether oxygens (including phenoxy) is 1. The summed E-state index contributed by atoms with van der Waals surface area (Å²) in [5, 5.41) is 0. The Morgan fingerprint density at radius 1 is 1.06 bits per heavy atom. The molecule has 3 heteroatoms. The molecule has 0 aliphatic heterocycles. The van der Waals surface area contributed by atoms with Gasteiger partial charge in [0.05, 0.1) is 0 Å². The molecule has 0 amide bonds. The van der Waals surface area contributed by atoms with Crippen LogP contribution < -0.4 is 0 Å². The van der Waals surface area contributed by atoms with Gasteiger partial charge in [0.1, 0.15) is 6.61 Å². The summed E-state index contributed by atoms with van der Waals surface area (Å²) in [5.74, 6) is -0.296. The predicted molar refractivity (Wildman–Crippen MR) is 70.6 cm³/mol. The number of esters is 1. The van der Waals surface area contributed by atoms with E-state index in [2.05, 4.69) is 31.1 Å². The van der Waals surface area contributed by atoms with E-state index in [0.29, 0.717) is 17.6 Å². The van der Waals surface area contributed by atoms with Gasteiger partial charge in [-0.3, -0.25) is 4.79 Å². The normalized spacial score (nSPS) is 8.12. The minimum absolute atomic E-state index is 0.0694. The van der Waals surface area contributed by atoms with Crippen molar-refractivity contribution in [2.24, 2.45) is 0 Å². The smallest absolute Gasteiger partial charge is 0.333 e. The van der Waals surface area contributed by atoms with Crippen LogP contribution in [0.5, 0.6) is 0 Å². The lowest BCUT2D eigenvalue weighted by Crippen LogP contribution is -2.03. The second kappa shape index (κ2) is 10.6. The fourth-order valence-electron chi connectivity index (χ4n) is 0.563. The van der Waals surface area contributed by atoms with Gasteiger partial charge in [-0.05, 0) is 19.4 Å². The van der Waals surface area contributed by atoms with E-state index in [0.717, 1.165) is 0 Å². The summed E-state index contributed by atoms with van der Waals surface area (Å²) < 4.78 is 4.60. The SMILES string of the molecule is C=CCC(=O)C(=C)C.C=CCOC(=O)C(=C)C. The van der Waals surface area contributed by atoms with E-state index in [9.17, 15) is 9.59 Å². The molecule has 0 aliphatic carbocycles. The van der Waals surface area contributed by atoms with Crippen LogP contribution in [-0.4, -0.2) is 18.4 Å². The van der Waals surface area contributed by atoms with Gasteiger partial charge in [0.25, 0.3) is 0 Å². The Labute approximate surface area is 103 Å². The topological polar surface area (TPSA) is 43.4 Å². The molecule has 0 fully saturated rings. The van der Waals surface area contributed by atoms with Crippen LogP contribution in [-0.2, 0) is 14.3 Å². The Morgan fingerprint density at radius 3 is 1.82 bits per heavy atom. The molecule has 0 saturated carbocycles. The second-order valence-electron chi connectivity index (χ2n) is 3.36. The van der Waals surface area contributed by atoms with Gasteiger partial charge in [-0.1, -0.05) is 31.9 Å². The van der Waals surface area contributed by atoms with Crippen molar-refractivity contribution in [1.29, 1.82) is 0 Å². The molecule has 3 nitrogen and oxygen atoms in total. The number of hydrogen-bond donors (Lipinski definition) is 0. The largest absolute Gasteiger partial charge is 0.458 e. The standard InChI is InChI=1S/C7H10O2.C7H10O/c1-4-5-9-7(8)6(2)3;1-4-5-7(8)6(2)3/h4H,1-2,5H2,3H3;4H,1-2,5H2,3H3. The molecule has 0 spiro atoms. The summed E-state index contributed by atoms with van der Waals surface area (Å²) in [6, 6.07) is 0. The van der Waals surface area contributed by atoms with Gasteiger partial charge < -0.3 is 4.74 Å². The van der Waals surface area contributed by atoms with Crippen LogP contribution in [0.3, 0.4) is 0 Å². The first-order valence-electron chi connectivity index (χ1n) is 5.09. The lowest BCUT2D eigenvalue weighted by molar-refractivity contribution is -0.137. The van der Waals surface area contributed by atoms with Gasteiger partial charge in [0.15, 0.2) is 5.78 Å². The molecular weight excluding hydrogens is 216 g/mol. The van der Waals surface area contributed by atoms with Crippen molar-refractivity contribution in [3.63, 3.8) is 0 Å². The molecule has 0 aromatic heterocycles. The summed E-state index contributed by atoms with van der Waals surface area (Å²) in [6.45, 7) is 17.2. The van der Waals surface area contributed by atoms with Crippen molar-refractivity contribution in [1.82, 2.24) is 0 Å². The first-order chi connectivity index (χ1) is 7.86. The molecule has 17 heavy (non-hydrogen) atoms. The fourth-order valence-corrected chi connectivity index (χ4v) is 0.563. The van der Waals surface area contributed by atoms with Gasteiger partial charge in [-0.2, -0.15) is 0 Å². The van der Waals surface area contributed by atoms with Gasteiger partial charge >= 0.3 is 5.97 Å². The summed E-state index contributed by atoms with van der Waals surface area (Å²) in [5.41, 5.74) is 1.02. The van der Waals surface area contributed by atoms with Crippen molar-refractivity contribution in [2.45, 2.75) is 20.3 Å². The lowest BCUT2D eigenvalue weighted by Gasteiger charge is -1.97. The quantitative estimate of drug-likeness (QED) is 0.404. The Bertz CT molecular complexity index is 324. The van der Waals surface area contributed by atoms with Gasteiger partial charge in [0.2, 0.25) is 0 Å². The Balaban J connectivity index is 0. The summed E-state index contributed by atoms with van der Waals surface area (Å²) >= 11 is 0. The number of rotatable bonds is 6. The average Bonchev–Trinajstić information content (AvgIpc) is 2.26. The molecule has 0 aromatic carbocycles. The van der Waals surface area contributed by atoms with Crippen LogP contribution in [0.25, 0.3) is 0 Å². The van der Waals surface area contributed by atoms with Gasteiger partial charge in [-0.15, -0.1) is 6.58 Å². The third-order valence-corrected chi connectivity index (χ3v) is 1.49. The first-order valence-corrected chi connectivity index (χ1v) is 5.09. The maximum absolute atomic E-state index is 10.6. The number of allylic oxidation sites excluding steroid dienone is 2. The molecule has 0 atom stereocenters. The predicted octanol–water partition coefficient (Wildman–Crippen LogP) is 3.00. The maximum atomic E-state index is 10.6. The molecule has 0 radical (unpaired) electrons. The molecule has 0 unspecified atom stereocenters. The van der Waals surface area contributed by atoms with Crippen LogP contribution in [0.4, 0.5) is 0 Å². The first kappa shape index (κ1) is 17.5. The molecule has 0 saturated heterocycles. The maximum Gasteiger partial charge on any atom is 0.333 e. The van der Waals surface area contributed by atoms with E-state index in [4.69, 9.17) is 0 Å². The van der Waals surface area contributed by atoms with Crippen molar-refractivity contribution in [3.05, 3.63) is 49.6 Å².